The summed E-state index contributed by atoms with van der Waals surface area (Å²) in [5.41, 5.74) is 0.874. The first kappa shape index (κ1) is 11.8. The van der Waals surface area contributed by atoms with Crippen LogP contribution in [0, 0.1) is 11.8 Å². The van der Waals surface area contributed by atoms with Crippen molar-refractivity contribution in [1.29, 1.82) is 0 Å². The van der Waals surface area contributed by atoms with Gasteiger partial charge in [0.15, 0.2) is 0 Å². The van der Waals surface area contributed by atoms with E-state index in [0.29, 0.717) is 18.3 Å². The van der Waals surface area contributed by atoms with Gasteiger partial charge in [-0.3, -0.25) is 4.79 Å². The lowest BCUT2D eigenvalue weighted by Gasteiger charge is -2.14. The Hall–Kier alpha value is -1.31. The predicted octanol–water partition coefficient (Wildman–Crippen LogP) is 3.31. The van der Waals surface area contributed by atoms with E-state index in [-0.39, 0.29) is 5.91 Å². The van der Waals surface area contributed by atoms with Crippen LogP contribution in [0.2, 0.25) is 0 Å². The topological polar surface area (TPSA) is 29.1 Å². The van der Waals surface area contributed by atoms with Crippen molar-refractivity contribution in [1.82, 2.24) is 0 Å². The Morgan fingerprint density at radius 2 is 1.80 bits per heavy atom. The first-order chi connectivity index (χ1) is 7.09. The second-order valence-corrected chi connectivity index (χ2v) is 4.34. The van der Waals surface area contributed by atoms with Gasteiger partial charge in [0.2, 0.25) is 5.91 Å². The standard InChI is InChI=1S/C13H19NO/c1-10(2)11(3)9-13(15)14-12-7-5-4-6-8-12/h4-8,10-11H,9H2,1-3H3,(H,14,15). The molecule has 82 valence electrons. The molecule has 0 aliphatic rings. The SMILES string of the molecule is CC(C)C(C)CC(=O)Nc1ccccc1. The molecule has 0 aliphatic carbocycles. The van der Waals surface area contributed by atoms with Gasteiger partial charge in [-0.2, -0.15) is 0 Å². The number of nitrogens with one attached hydrogen (secondary N) is 1. The van der Waals surface area contributed by atoms with Crippen LogP contribution >= 0.6 is 0 Å². The molecule has 1 rings (SSSR count). The molecule has 2 nitrogen and oxygen atoms in total. The maximum absolute atomic E-state index is 11.6. The van der Waals surface area contributed by atoms with Crippen LogP contribution in [0.1, 0.15) is 27.2 Å². The van der Waals surface area contributed by atoms with Crippen molar-refractivity contribution in [3.8, 4) is 0 Å². The molecule has 0 spiro atoms. The Bertz CT molecular complexity index is 306. The van der Waals surface area contributed by atoms with Crippen molar-refractivity contribution in [2.24, 2.45) is 11.8 Å². The second-order valence-electron chi connectivity index (χ2n) is 4.34. The summed E-state index contributed by atoms with van der Waals surface area (Å²) >= 11 is 0. The van der Waals surface area contributed by atoms with Crippen LogP contribution in [0.15, 0.2) is 30.3 Å². The Labute approximate surface area is 91.7 Å². The van der Waals surface area contributed by atoms with Crippen molar-refractivity contribution in [2.75, 3.05) is 5.32 Å². The molecule has 1 N–H and O–H groups in total. The number of rotatable bonds is 4. The summed E-state index contributed by atoms with van der Waals surface area (Å²) in [5, 5.41) is 2.89. The summed E-state index contributed by atoms with van der Waals surface area (Å²) in [6.45, 7) is 6.39. The normalized spacial score (nSPS) is 12.5. The van der Waals surface area contributed by atoms with Crippen molar-refractivity contribution in [2.45, 2.75) is 27.2 Å². The highest BCUT2D eigenvalue weighted by atomic mass is 16.1. The van der Waals surface area contributed by atoms with Crippen LogP contribution in [-0.2, 0) is 4.79 Å². The minimum atomic E-state index is 0.0994. The van der Waals surface area contributed by atoms with Gasteiger partial charge in [0.25, 0.3) is 0 Å². The molecule has 2 heteroatoms. The lowest BCUT2D eigenvalue weighted by molar-refractivity contribution is -0.117. The van der Waals surface area contributed by atoms with E-state index in [2.05, 4.69) is 26.1 Å². The number of hydrogen-bond donors (Lipinski definition) is 1. The fourth-order valence-corrected chi connectivity index (χ4v) is 1.26. The third-order valence-electron chi connectivity index (χ3n) is 2.70. The first-order valence-electron chi connectivity index (χ1n) is 5.44. The molecule has 1 unspecified atom stereocenters. The number of hydrogen-bond acceptors (Lipinski definition) is 1. The molecule has 0 fully saturated rings. The zero-order valence-corrected chi connectivity index (χ0v) is 9.66. The van der Waals surface area contributed by atoms with E-state index in [9.17, 15) is 4.79 Å². The van der Waals surface area contributed by atoms with Gasteiger partial charge in [0, 0.05) is 12.1 Å². The lowest BCUT2D eigenvalue weighted by Crippen LogP contribution is -2.17. The van der Waals surface area contributed by atoms with Crippen LogP contribution in [0.25, 0.3) is 0 Å². The van der Waals surface area contributed by atoms with Crippen molar-refractivity contribution in [3.05, 3.63) is 30.3 Å². The molecule has 1 amide bonds. The van der Waals surface area contributed by atoms with Crippen molar-refractivity contribution < 1.29 is 4.79 Å². The van der Waals surface area contributed by atoms with Gasteiger partial charge in [-0.05, 0) is 24.0 Å². The quantitative estimate of drug-likeness (QED) is 0.802. The van der Waals surface area contributed by atoms with Crippen molar-refractivity contribution in [3.63, 3.8) is 0 Å². The summed E-state index contributed by atoms with van der Waals surface area (Å²) in [6.07, 6.45) is 0.590. The zero-order chi connectivity index (χ0) is 11.3. The predicted molar refractivity (Wildman–Crippen MR) is 63.7 cm³/mol. The fraction of sp³-hybridized carbons (Fsp3) is 0.462. The summed E-state index contributed by atoms with van der Waals surface area (Å²) in [7, 11) is 0. The Kier molecular flexibility index (Phi) is 4.35. The smallest absolute Gasteiger partial charge is 0.224 e. The molecule has 0 radical (unpaired) electrons. The largest absolute Gasteiger partial charge is 0.326 e. The van der Waals surface area contributed by atoms with Gasteiger partial charge in [-0.15, -0.1) is 0 Å². The van der Waals surface area contributed by atoms with Crippen LogP contribution < -0.4 is 5.32 Å². The molecule has 1 atom stereocenters. The average molecular weight is 205 g/mol. The highest BCUT2D eigenvalue weighted by Crippen LogP contribution is 2.15. The molecule has 0 saturated heterocycles. The molecule has 1 aromatic carbocycles. The Morgan fingerprint density at radius 3 is 2.33 bits per heavy atom. The number of carbonyl (C=O) groups is 1. The third-order valence-corrected chi connectivity index (χ3v) is 2.70. The number of amides is 1. The van der Waals surface area contributed by atoms with Gasteiger partial charge in [0.1, 0.15) is 0 Å². The molecule has 15 heavy (non-hydrogen) atoms. The van der Waals surface area contributed by atoms with Gasteiger partial charge in [-0.1, -0.05) is 39.0 Å². The van der Waals surface area contributed by atoms with Crippen LogP contribution in [-0.4, -0.2) is 5.91 Å². The highest BCUT2D eigenvalue weighted by molar-refractivity contribution is 5.90. The van der Waals surface area contributed by atoms with E-state index in [0.717, 1.165) is 5.69 Å². The van der Waals surface area contributed by atoms with Crippen LogP contribution in [0.3, 0.4) is 0 Å². The molecule has 0 bridgehead atoms. The maximum Gasteiger partial charge on any atom is 0.224 e. The lowest BCUT2D eigenvalue weighted by atomic mass is 9.94. The third kappa shape index (κ3) is 4.15. The van der Waals surface area contributed by atoms with E-state index in [4.69, 9.17) is 0 Å². The minimum Gasteiger partial charge on any atom is -0.326 e. The van der Waals surface area contributed by atoms with E-state index in [1.165, 1.54) is 0 Å². The number of para-hydroxylation sites is 1. The van der Waals surface area contributed by atoms with Gasteiger partial charge in [-0.25, -0.2) is 0 Å². The minimum absolute atomic E-state index is 0.0994. The van der Waals surface area contributed by atoms with Gasteiger partial charge >= 0.3 is 0 Å². The molecule has 0 aliphatic heterocycles. The summed E-state index contributed by atoms with van der Waals surface area (Å²) in [4.78, 5) is 11.6. The molecular formula is C13H19NO. The second kappa shape index (κ2) is 5.54. The number of carbonyl (C=O) groups excluding carboxylic acids is 1. The zero-order valence-electron chi connectivity index (χ0n) is 9.66. The molecule has 0 heterocycles. The monoisotopic (exact) mass is 205 g/mol. The van der Waals surface area contributed by atoms with E-state index < -0.39 is 0 Å². The molecule has 0 saturated carbocycles. The van der Waals surface area contributed by atoms with Crippen molar-refractivity contribution >= 4 is 11.6 Å². The Balaban J connectivity index is 2.43. The van der Waals surface area contributed by atoms with Gasteiger partial charge in [0.05, 0.1) is 0 Å². The van der Waals surface area contributed by atoms with Gasteiger partial charge < -0.3 is 5.32 Å². The highest BCUT2D eigenvalue weighted by Gasteiger charge is 2.12. The summed E-state index contributed by atoms with van der Waals surface area (Å²) < 4.78 is 0. The first-order valence-corrected chi connectivity index (χ1v) is 5.44. The molecule has 1 aromatic rings. The van der Waals surface area contributed by atoms with Crippen LogP contribution in [0.5, 0.6) is 0 Å². The van der Waals surface area contributed by atoms with E-state index in [1.807, 2.05) is 30.3 Å². The van der Waals surface area contributed by atoms with E-state index in [1.54, 1.807) is 0 Å². The Morgan fingerprint density at radius 1 is 1.20 bits per heavy atom. The summed E-state index contributed by atoms with van der Waals surface area (Å²) in [6, 6.07) is 9.57. The maximum atomic E-state index is 11.6. The number of benzene rings is 1. The molecular weight excluding hydrogens is 186 g/mol. The fourth-order valence-electron chi connectivity index (χ4n) is 1.26. The number of anilines is 1. The summed E-state index contributed by atoms with van der Waals surface area (Å²) in [5.74, 6) is 1.07. The average Bonchev–Trinajstić information content (AvgIpc) is 2.18. The molecule has 0 aromatic heterocycles. The van der Waals surface area contributed by atoms with E-state index >= 15 is 0 Å². The van der Waals surface area contributed by atoms with Crippen LogP contribution in [0.4, 0.5) is 5.69 Å².